The van der Waals surface area contributed by atoms with E-state index in [0.29, 0.717) is 6.54 Å². The van der Waals surface area contributed by atoms with E-state index in [1.165, 1.54) is 16.7 Å². The van der Waals surface area contributed by atoms with E-state index < -0.39 is 0 Å². The maximum absolute atomic E-state index is 5.52. The van der Waals surface area contributed by atoms with Gasteiger partial charge in [0.15, 0.2) is 0 Å². The summed E-state index contributed by atoms with van der Waals surface area (Å²) in [6.45, 7) is 4.91. The second kappa shape index (κ2) is 4.83. The number of benzene rings is 1. The first-order valence-electron chi connectivity index (χ1n) is 4.74. The van der Waals surface area contributed by atoms with Crippen LogP contribution in [0.2, 0.25) is 0 Å². The van der Waals surface area contributed by atoms with E-state index in [1.807, 2.05) is 0 Å². The van der Waals surface area contributed by atoms with Gasteiger partial charge < -0.3 is 5.73 Å². The number of hydrogen-bond donors (Lipinski definition) is 1. The van der Waals surface area contributed by atoms with Crippen LogP contribution in [0, 0.1) is 0 Å². The van der Waals surface area contributed by atoms with E-state index in [-0.39, 0.29) is 0 Å². The first-order valence-corrected chi connectivity index (χ1v) is 4.74. The lowest BCUT2D eigenvalue weighted by Gasteiger charge is -2.02. The SMILES string of the molecule is CC/C=C(\C)c1ccc(CN)cc1. The molecule has 0 amide bonds. The Balaban J connectivity index is 2.85. The third kappa shape index (κ3) is 2.71. The molecule has 0 aromatic heterocycles. The van der Waals surface area contributed by atoms with Crippen LogP contribution < -0.4 is 5.73 Å². The van der Waals surface area contributed by atoms with Crippen molar-refractivity contribution < 1.29 is 0 Å². The van der Waals surface area contributed by atoms with Crippen LogP contribution in [-0.2, 0) is 6.54 Å². The smallest absolute Gasteiger partial charge is 0.0178 e. The third-order valence-corrected chi connectivity index (χ3v) is 2.16. The highest BCUT2D eigenvalue weighted by molar-refractivity contribution is 5.63. The number of allylic oxidation sites excluding steroid dienone is 2. The quantitative estimate of drug-likeness (QED) is 0.751. The lowest BCUT2D eigenvalue weighted by molar-refractivity contribution is 1.07. The van der Waals surface area contributed by atoms with Crippen molar-refractivity contribution in [2.24, 2.45) is 5.73 Å². The minimum Gasteiger partial charge on any atom is -0.326 e. The number of hydrogen-bond acceptors (Lipinski definition) is 1. The molecule has 0 aliphatic heterocycles. The Morgan fingerprint density at radius 3 is 2.38 bits per heavy atom. The van der Waals surface area contributed by atoms with E-state index in [0.717, 1.165) is 6.42 Å². The van der Waals surface area contributed by atoms with Gasteiger partial charge in [-0.2, -0.15) is 0 Å². The standard InChI is InChI=1S/C12H17N/c1-3-4-10(2)12-7-5-11(9-13)6-8-12/h4-8H,3,9,13H2,1-2H3/b10-4+. The summed E-state index contributed by atoms with van der Waals surface area (Å²) in [6, 6.07) is 8.43. The molecule has 0 aliphatic rings. The van der Waals surface area contributed by atoms with Gasteiger partial charge in [-0.15, -0.1) is 0 Å². The summed E-state index contributed by atoms with van der Waals surface area (Å²) in [4.78, 5) is 0. The van der Waals surface area contributed by atoms with Crippen LogP contribution in [0.15, 0.2) is 30.3 Å². The molecular weight excluding hydrogens is 158 g/mol. The van der Waals surface area contributed by atoms with Crippen molar-refractivity contribution >= 4 is 5.57 Å². The lowest BCUT2D eigenvalue weighted by atomic mass is 10.0. The van der Waals surface area contributed by atoms with Crippen molar-refractivity contribution in [1.29, 1.82) is 0 Å². The summed E-state index contributed by atoms with van der Waals surface area (Å²) < 4.78 is 0. The average molecular weight is 175 g/mol. The first-order chi connectivity index (χ1) is 6.27. The molecule has 0 spiro atoms. The fourth-order valence-corrected chi connectivity index (χ4v) is 1.33. The average Bonchev–Trinajstić information content (AvgIpc) is 2.18. The summed E-state index contributed by atoms with van der Waals surface area (Å²) in [5, 5.41) is 0. The van der Waals surface area contributed by atoms with Crippen LogP contribution in [-0.4, -0.2) is 0 Å². The minimum absolute atomic E-state index is 0.622. The van der Waals surface area contributed by atoms with Gasteiger partial charge >= 0.3 is 0 Å². The Morgan fingerprint density at radius 2 is 1.92 bits per heavy atom. The minimum atomic E-state index is 0.622. The lowest BCUT2D eigenvalue weighted by Crippen LogP contribution is -1.95. The zero-order chi connectivity index (χ0) is 9.68. The summed E-state index contributed by atoms with van der Waals surface area (Å²) in [5.41, 5.74) is 9.34. The highest BCUT2D eigenvalue weighted by Crippen LogP contribution is 2.14. The Kier molecular flexibility index (Phi) is 3.71. The molecule has 0 fully saturated rings. The second-order valence-corrected chi connectivity index (χ2v) is 3.20. The highest BCUT2D eigenvalue weighted by Gasteiger charge is 1.94. The maximum atomic E-state index is 5.52. The summed E-state index contributed by atoms with van der Waals surface area (Å²) in [6.07, 6.45) is 3.32. The molecule has 0 heterocycles. The van der Waals surface area contributed by atoms with Crippen LogP contribution in [0.1, 0.15) is 31.4 Å². The van der Waals surface area contributed by atoms with Crippen LogP contribution in [0.4, 0.5) is 0 Å². The van der Waals surface area contributed by atoms with E-state index in [2.05, 4.69) is 44.2 Å². The Bertz CT molecular complexity index is 282. The van der Waals surface area contributed by atoms with Gasteiger partial charge in [0.2, 0.25) is 0 Å². The molecule has 70 valence electrons. The monoisotopic (exact) mass is 175 g/mol. The van der Waals surface area contributed by atoms with Crippen LogP contribution in [0.25, 0.3) is 5.57 Å². The molecule has 1 aromatic carbocycles. The predicted octanol–water partition coefficient (Wildman–Crippen LogP) is 2.96. The molecule has 1 heteroatoms. The van der Waals surface area contributed by atoms with E-state index in [1.54, 1.807) is 0 Å². The molecule has 1 rings (SSSR count). The van der Waals surface area contributed by atoms with Crippen LogP contribution in [0.3, 0.4) is 0 Å². The third-order valence-electron chi connectivity index (χ3n) is 2.16. The van der Waals surface area contributed by atoms with Gasteiger partial charge in [0, 0.05) is 6.54 Å². The topological polar surface area (TPSA) is 26.0 Å². The molecule has 0 unspecified atom stereocenters. The van der Waals surface area contributed by atoms with Crippen molar-refractivity contribution in [1.82, 2.24) is 0 Å². The van der Waals surface area contributed by atoms with Gasteiger partial charge in [0.1, 0.15) is 0 Å². The van der Waals surface area contributed by atoms with Gasteiger partial charge in [-0.3, -0.25) is 0 Å². The molecule has 2 N–H and O–H groups in total. The molecule has 0 bridgehead atoms. The molecule has 0 aliphatic carbocycles. The van der Waals surface area contributed by atoms with E-state index in [9.17, 15) is 0 Å². The first kappa shape index (κ1) is 10.0. The fraction of sp³-hybridized carbons (Fsp3) is 0.333. The molecule has 1 aromatic rings. The van der Waals surface area contributed by atoms with Crippen molar-refractivity contribution in [2.75, 3.05) is 0 Å². The Morgan fingerprint density at radius 1 is 1.31 bits per heavy atom. The predicted molar refractivity (Wildman–Crippen MR) is 58.3 cm³/mol. The number of rotatable bonds is 3. The largest absolute Gasteiger partial charge is 0.326 e. The molecule has 0 saturated carbocycles. The van der Waals surface area contributed by atoms with Crippen molar-refractivity contribution in [3.63, 3.8) is 0 Å². The number of nitrogens with two attached hydrogens (primary N) is 1. The van der Waals surface area contributed by atoms with Gasteiger partial charge in [-0.1, -0.05) is 37.3 Å². The molecule has 0 saturated heterocycles. The van der Waals surface area contributed by atoms with Crippen molar-refractivity contribution in [3.05, 3.63) is 41.5 Å². The maximum Gasteiger partial charge on any atom is 0.0178 e. The molecule has 13 heavy (non-hydrogen) atoms. The molecule has 0 radical (unpaired) electrons. The molecule has 0 atom stereocenters. The molecule has 1 nitrogen and oxygen atoms in total. The summed E-state index contributed by atoms with van der Waals surface area (Å²) in [7, 11) is 0. The van der Waals surface area contributed by atoms with Crippen molar-refractivity contribution in [2.45, 2.75) is 26.8 Å². The zero-order valence-corrected chi connectivity index (χ0v) is 8.38. The van der Waals surface area contributed by atoms with Gasteiger partial charge in [0.05, 0.1) is 0 Å². The van der Waals surface area contributed by atoms with E-state index >= 15 is 0 Å². The Labute approximate surface area is 80.3 Å². The van der Waals surface area contributed by atoms with E-state index in [4.69, 9.17) is 5.73 Å². The molecular formula is C12H17N. The summed E-state index contributed by atoms with van der Waals surface area (Å²) >= 11 is 0. The summed E-state index contributed by atoms with van der Waals surface area (Å²) in [5.74, 6) is 0. The normalized spacial score (nSPS) is 11.8. The zero-order valence-electron chi connectivity index (χ0n) is 8.38. The van der Waals surface area contributed by atoms with Crippen LogP contribution in [0.5, 0.6) is 0 Å². The van der Waals surface area contributed by atoms with Gasteiger partial charge in [-0.05, 0) is 30.0 Å². The second-order valence-electron chi connectivity index (χ2n) is 3.20. The van der Waals surface area contributed by atoms with Crippen molar-refractivity contribution in [3.8, 4) is 0 Å². The highest BCUT2D eigenvalue weighted by atomic mass is 14.5. The fourth-order valence-electron chi connectivity index (χ4n) is 1.33. The van der Waals surface area contributed by atoms with Gasteiger partial charge in [0.25, 0.3) is 0 Å². The Hall–Kier alpha value is -1.08. The van der Waals surface area contributed by atoms with Gasteiger partial charge in [-0.25, -0.2) is 0 Å². The van der Waals surface area contributed by atoms with Crippen LogP contribution >= 0.6 is 0 Å².